The van der Waals surface area contributed by atoms with Gasteiger partial charge < -0.3 is 10.2 Å². The summed E-state index contributed by atoms with van der Waals surface area (Å²) in [6, 6.07) is 5.74. The van der Waals surface area contributed by atoms with Crippen LogP contribution in [-0.4, -0.2) is 40.2 Å². The minimum Gasteiger partial charge on any atom is -0.356 e. The van der Waals surface area contributed by atoms with Crippen LogP contribution >= 0.6 is 23.1 Å². The van der Waals surface area contributed by atoms with Crippen LogP contribution in [0.15, 0.2) is 35.7 Å². The van der Waals surface area contributed by atoms with Gasteiger partial charge in [0.2, 0.25) is 0 Å². The third kappa shape index (κ3) is 3.52. The molecule has 1 amide bonds. The summed E-state index contributed by atoms with van der Waals surface area (Å²) in [5.74, 6) is 0.870. The lowest BCUT2D eigenvalue weighted by Crippen LogP contribution is -2.21. The molecule has 1 aliphatic heterocycles. The first-order chi connectivity index (χ1) is 12.7. The van der Waals surface area contributed by atoms with Gasteiger partial charge >= 0.3 is 0 Å². The molecule has 134 valence electrons. The summed E-state index contributed by atoms with van der Waals surface area (Å²) in [6.45, 7) is 2.48. The van der Waals surface area contributed by atoms with E-state index >= 15 is 0 Å². The second-order valence-corrected chi connectivity index (χ2v) is 7.91. The molecule has 0 aliphatic carbocycles. The second-order valence-electron chi connectivity index (χ2n) is 6.10. The van der Waals surface area contributed by atoms with Gasteiger partial charge in [-0.2, -0.15) is 0 Å². The number of nitrogens with one attached hydrogen (secondary N) is 1. The van der Waals surface area contributed by atoms with Gasteiger partial charge in [-0.3, -0.25) is 9.78 Å². The Morgan fingerprint density at radius 3 is 2.92 bits per heavy atom. The number of nitrogens with zero attached hydrogens (tertiary/aromatic N) is 4. The van der Waals surface area contributed by atoms with Crippen molar-refractivity contribution in [2.45, 2.75) is 24.5 Å². The van der Waals surface area contributed by atoms with Crippen molar-refractivity contribution in [3.8, 4) is 0 Å². The monoisotopic (exact) mass is 385 g/mol. The van der Waals surface area contributed by atoms with Crippen LogP contribution in [0, 0.1) is 0 Å². The number of thioether (sulfide) groups is 1. The topological polar surface area (TPSA) is 71.0 Å². The predicted molar refractivity (Wildman–Crippen MR) is 106 cm³/mol. The number of carbonyl (C=O) groups excluding carboxylic acids is 1. The molecule has 0 aromatic carbocycles. The van der Waals surface area contributed by atoms with Crippen molar-refractivity contribution in [1.29, 1.82) is 0 Å². The molecule has 4 heterocycles. The summed E-state index contributed by atoms with van der Waals surface area (Å²) in [5.41, 5.74) is 0.976. The Morgan fingerprint density at radius 1 is 1.35 bits per heavy atom. The maximum atomic E-state index is 12.6. The van der Waals surface area contributed by atoms with Gasteiger partial charge in [0, 0.05) is 32.0 Å². The molecule has 6 nitrogen and oxygen atoms in total. The van der Waals surface area contributed by atoms with Crippen LogP contribution in [0.4, 0.5) is 5.82 Å². The van der Waals surface area contributed by atoms with Crippen molar-refractivity contribution in [1.82, 2.24) is 20.3 Å². The number of aromatic nitrogens is 3. The highest BCUT2D eigenvalue weighted by Crippen LogP contribution is 2.34. The van der Waals surface area contributed by atoms with Crippen LogP contribution in [-0.2, 0) is 6.54 Å². The molecular formula is C18H19N5OS2. The van der Waals surface area contributed by atoms with Crippen molar-refractivity contribution in [2.75, 3.05) is 24.2 Å². The average Bonchev–Trinajstić information content (AvgIpc) is 3.35. The standard InChI is InChI=1S/C18H19N5OS2/c1-25-18-21-15(23-7-2-3-8-23)13-9-14(26-17(13)22-18)16(24)20-11-12-5-4-6-19-10-12/h4-6,9-10H,2-3,7-8,11H2,1H3,(H,20,24). The van der Waals surface area contributed by atoms with Crippen LogP contribution in [0.3, 0.4) is 0 Å². The fourth-order valence-corrected chi connectivity index (χ4v) is 4.39. The summed E-state index contributed by atoms with van der Waals surface area (Å²) in [6.07, 6.45) is 7.82. The number of amides is 1. The minimum atomic E-state index is -0.0880. The number of carbonyl (C=O) groups is 1. The molecular weight excluding hydrogens is 366 g/mol. The molecule has 0 saturated carbocycles. The molecule has 4 rings (SSSR count). The van der Waals surface area contributed by atoms with Crippen LogP contribution in [0.5, 0.6) is 0 Å². The van der Waals surface area contributed by atoms with Crippen molar-refractivity contribution < 1.29 is 4.79 Å². The predicted octanol–water partition coefficient (Wildman–Crippen LogP) is 3.34. The maximum absolute atomic E-state index is 12.6. The van der Waals surface area contributed by atoms with Gasteiger partial charge in [-0.1, -0.05) is 17.8 Å². The summed E-state index contributed by atoms with van der Waals surface area (Å²) in [4.78, 5) is 29.8. The van der Waals surface area contributed by atoms with E-state index in [9.17, 15) is 4.79 Å². The van der Waals surface area contributed by atoms with E-state index in [1.807, 2.05) is 24.5 Å². The molecule has 1 N–H and O–H groups in total. The largest absolute Gasteiger partial charge is 0.356 e. The van der Waals surface area contributed by atoms with Gasteiger partial charge in [-0.05, 0) is 36.8 Å². The Bertz CT molecular complexity index is 922. The van der Waals surface area contributed by atoms with E-state index in [1.54, 1.807) is 12.4 Å². The van der Waals surface area contributed by atoms with Gasteiger partial charge in [-0.15, -0.1) is 11.3 Å². The highest BCUT2D eigenvalue weighted by atomic mass is 32.2. The lowest BCUT2D eigenvalue weighted by atomic mass is 10.3. The number of rotatable bonds is 5. The zero-order chi connectivity index (χ0) is 17.9. The van der Waals surface area contributed by atoms with Crippen molar-refractivity contribution >= 4 is 45.0 Å². The maximum Gasteiger partial charge on any atom is 0.261 e. The first kappa shape index (κ1) is 17.2. The summed E-state index contributed by atoms with van der Waals surface area (Å²) < 4.78 is 0. The first-order valence-electron chi connectivity index (χ1n) is 8.52. The Kier molecular flexibility index (Phi) is 5.03. The highest BCUT2D eigenvalue weighted by molar-refractivity contribution is 7.98. The first-order valence-corrected chi connectivity index (χ1v) is 10.6. The molecule has 0 spiro atoms. The van der Waals surface area contributed by atoms with E-state index in [-0.39, 0.29) is 5.91 Å². The Balaban J connectivity index is 1.61. The number of fused-ring (bicyclic) bond motifs is 1. The average molecular weight is 386 g/mol. The number of pyridine rings is 1. The molecule has 0 atom stereocenters. The van der Waals surface area contributed by atoms with Gasteiger partial charge in [0.15, 0.2) is 5.16 Å². The number of thiophene rings is 1. The highest BCUT2D eigenvalue weighted by Gasteiger charge is 2.21. The molecule has 26 heavy (non-hydrogen) atoms. The Hall–Kier alpha value is -2.19. The molecule has 0 bridgehead atoms. The fourth-order valence-electron chi connectivity index (χ4n) is 3.03. The van der Waals surface area contributed by atoms with E-state index in [1.165, 1.54) is 35.9 Å². The quantitative estimate of drug-likeness (QED) is 0.537. The van der Waals surface area contributed by atoms with Crippen molar-refractivity contribution in [2.24, 2.45) is 0 Å². The number of hydrogen-bond acceptors (Lipinski definition) is 7. The van der Waals surface area contributed by atoms with Gasteiger partial charge in [0.1, 0.15) is 10.6 Å². The van der Waals surface area contributed by atoms with Crippen molar-refractivity contribution in [3.05, 3.63) is 41.0 Å². The third-order valence-electron chi connectivity index (χ3n) is 4.34. The number of hydrogen-bond donors (Lipinski definition) is 1. The van der Waals surface area contributed by atoms with Crippen molar-refractivity contribution in [3.63, 3.8) is 0 Å². The van der Waals surface area contributed by atoms with Crippen LogP contribution < -0.4 is 10.2 Å². The SMILES string of the molecule is CSc1nc(N2CCCC2)c2cc(C(=O)NCc3cccnc3)sc2n1. The van der Waals surface area contributed by atoms with E-state index < -0.39 is 0 Å². The molecule has 8 heteroatoms. The summed E-state index contributed by atoms with van der Waals surface area (Å²) in [7, 11) is 0. The van der Waals surface area contributed by atoms with E-state index in [2.05, 4.69) is 20.2 Å². The van der Waals surface area contributed by atoms with Crippen LogP contribution in [0.25, 0.3) is 10.2 Å². The van der Waals surface area contributed by atoms with Crippen LogP contribution in [0.1, 0.15) is 28.1 Å². The molecule has 3 aromatic heterocycles. The number of anilines is 1. The zero-order valence-corrected chi connectivity index (χ0v) is 16.1. The van der Waals surface area contributed by atoms with Gasteiger partial charge in [-0.25, -0.2) is 9.97 Å². The third-order valence-corrected chi connectivity index (χ3v) is 5.92. The molecule has 1 saturated heterocycles. The van der Waals surface area contributed by atoms with Gasteiger partial charge in [0.05, 0.1) is 10.3 Å². The zero-order valence-electron chi connectivity index (χ0n) is 14.4. The molecule has 1 fully saturated rings. The molecule has 3 aromatic rings. The van der Waals surface area contributed by atoms with Crippen LogP contribution in [0.2, 0.25) is 0 Å². The summed E-state index contributed by atoms with van der Waals surface area (Å²) >= 11 is 2.96. The molecule has 0 radical (unpaired) electrons. The second kappa shape index (κ2) is 7.59. The fraction of sp³-hybridized carbons (Fsp3) is 0.333. The van der Waals surface area contributed by atoms with Gasteiger partial charge in [0.25, 0.3) is 5.91 Å². The lowest BCUT2D eigenvalue weighted by molar-refractivity contribution is 0.0955. The molecule has 0 unspecified atom stereocenters. The van der Waals surface area contributed by atoms with E-state index in [0.717, 1.165) is 39.8 Å². The summed E-state index contributed by atoms with van der Waals surface area (Å²) in [5, 5.41) is 4.68. The Labute approximate surface area is 160 Å². The minimum absolute atomic E-state index is 0.0880. The Morgan fingerprint density at radius 2 is 2.19 bits per heavy atom. The molecule has 1 aliphatic rings. The normalized spacial score (nSPS) is 14.1. The smallest absolute Gasteiger partial charge is 0.261 e. The lowest BCUT2D eigenvalue weighted by Gasteiger charge is -2.17. The van der Waals surface area contributed by atoms with E-state index in [0.29, 0.717) is 11.4 Å². The van der Waals surface area contributed by atoms with E-state index in [4.69, 9.17) is 4.98 Å².